The Morgan fingerprint density at radius 2 is 2.33 bits per heavy atom. The first-order chi connectivity index (χ1) is 7.01. The van der Waals surface area contributed by atoms with Crippen LogP contribution in [0.2, 0.25) is 4.34 Å². The normalized spacial score (nSPS) is 17.5. The summed E-state index contributed by atoms with van der Waals surface area (Å²) < 4.78 is 0.750. The number of hydrogen-bond donors (Lipinski definition) is 1. The van der Waals surface area contributed by atoms with Gasteiger partial charge in [-0.15, -0.1) is 11.3 Å². The average Bonchev–Trinajstić information content (AvgIpc) is 2.80. The molecule has 0 bridgehead atoms. The summed E-state index contributed by atoms with van der Waals surface area (Å²) in [5, 5.41) is 0. The molecule has 1 aromatic rings. The van der Waals surface area contributed by atoms with Gasteiger partial charge in [0.1, 0.15) is 0 Å². The van der Waals surface area contributed by atoms with Crippen LogP contribution in [0.25, 0.3) is 0 Å². The van der Waals surface area contributed by atoms with Crippen molar-refractivity contribution < 1.29 is 4.79 Å². The van der Waals surface area contributed by atoms with E-state index in [0.29, 0.717) is 6.54 Å². The molecule has 1 saturated carbocycles. The largest absolute Gasteiger partial charge is 0.339 e. The van der Waals surface area contributed by atoms with E-state index in [2.05, 4.69) is 0 Å². The van der Waals surface area contributed by atoms with Gasteiger partial charge in [-0.25, -0.2) is 0 Å². The Kier molecular flexibility index (Phi) is 2.75. The highest BCUT2D eigenvalue weighted by molar-refractivity contribution is 7.16. The number of carbonyl (C=O) groups is 1. The van der Waals surface area contributed by atoms with Crippen LogP contribution in [0.5, 0.6) is 0 Å². The molecule has 0 radical (unpaired) electrons. The van der Waals surface area contributed by atoms with E-state index in [0.717, 1.165) is 22.1 Å². The molecule has 0 atom stereocenters. The van der Waals surface area contributed by atoms with E-state index >= 15 is 0 Å². The van der Waals surface area contributed by atoms with Crippen molar-refractivity contribution in [2.45, 2.75) is 24.9 Å². The molecule has 5 heteroatoms. The zero-order valence-electron chi connectivity index (χ0n) is 8.50. The summed E-state index contributed by atoms with van der Waals surface area (Å²) in [7, 11) is 1.78. The van der Waals surface area contributed by atoms with Crippen LogP contribution < -0.4 is 5.73 Å². The number of hydrogen-bond acceptors (Lipinski definition) is 3. The second-order valence-electron chi connectivity index (χ2n) is 4.02. The van der Waals surface area contributed by atoms with Crippen molar-refractivity contribution in [3.63, 3.8) is 0 Å². The molecular formula is C10H13ClN2OS. The van der Waals surface area contributed by atoms with Gasteiger partial charge >= 0.3 is 0 Å². The van der Waals surface area contributed by atoms with Crippen molar-refractivity contribution in [3.05, 3.63) is 21.3 Å². The minimum atomic E-state index is -0.574. The maximum atomic E-state index is 11.8. The van der Waals surface area contributed by atoms with Crippen LogP contribution in [0.3, 0.4) is 0 Å². The van der Waals surface area contributed by atoms with Crippen LogP contribution in [-0.2, 0) is 11.3 Å². The van der Waals surface area contributed by atoms with Gasteiger partial charge in [0.2, 0.25) is 5.91 Å². The average molecular weight is 245 g/mol. The maximum Gasteiger partial charge on any atom is 0.242 e. The van der Waals surface area contributed by atoms with Crippen molar-refractivity contribution in [1.29, 1.82) is 0 Å². The molecule has 1 aliphatic carbocycles. The molecule has 15 heavy (non-hydrogen) atoms. The molecule has 0 spiro atoms. The molecule has 82 valence electrons. The van der Waals surface area contributed by atoms with E-state index in [1.165, 1.54) is 11.3 Å². The van der Waals surface area contributed by atoms with Crippen LogP contribution in [0.1, 0.15) is 17.7 Å². The Morgan fingerprint density at radius 3 is 2.80 bits per heavy atom. The van der Waals surface area contributed by atoms with E-state index in [4.69, 9.17) is 17.3 Å². The lowest BCUT2D eigenvalue weighted by Crippen LogP contribution is -2.43. The van der Waals surface area contributed by atoms with Crippen LogP contribution in [0, 0.1) is 0 Å². The highest BCUT2D eigenvalue weighted by Gasteiger charge is 2.47. The molecule has 1 amide bonds. The number of thiophene rings is 1. The number of carbonyl (C=O) groups excluding carboxylic acids is 1. The van der Waals surface area contributed by atoms with Crippen molar-refractivity contribution in [2.24, 2.45) is 5.73 Å². The summed E-state index contributed by atoms with van der Waals surface area (Å²) in [6.07, 6.45) is 1.61. The van der Waals surface area contributed by atoms with E-state index in [-0.39, 0.29) is 5.91 Å². The number of likely N-dealkylation sites (N-methyl/N-ethyl adjacent to an activating group) is 1. The number of halogens is 1. The second kappa shape index (κ2) is 3.77. The zero-order valence-corrected chi connectivity index (χ0v) is 10.1. The summed E-state index contributed by atoms with van der Waals surface area (Å²) >= 11 is 7.31. The number of amides is 1. The molecule has 0 unspecified atom stereocenters. The molecule has 3 nitrogen and oxygen atoms in total. The SMILES string of the molecule is CN(Cc1ccc(Cl)s1)C(=O)C1(N)CC1. The predicted molar refractivity (Wildman–Crippen MR) is 62.0 cm³/mol. The lowest BCUT2D eigenvalue weighted by atomic mass is 10.2. The lowest BCUT2D eigenvalue weighted by Gasteiger charge is -2.19. The van der Waals surface area contributed by atoms with Gasteiger partial charge in [-0.1, -0.05) is 11.6 Å². The first-order valence-electron chi connectivity index (χ1n) is 4.80. The van der Waals surface area contributed by atoms with Crippen LogP contribution in [0.15, 0.2) is 12.1 Å². The maximum absolute atomic E-state index is 11.8. The fourth-order valence-electron chi connectivity index (χ4n) is 1.47. The molecule has 0 aromatic carbocycles. The summed E-state index contributed by atoms with van der Waals surface area (Å²) in [6, 6.07) is 3.78. The summed E-state index contributed by atoms with van der Waals surface area (Å²) in [6.45, 7) is 0.592. The Bertz CT molecular complexity index is 387. The monoisotopic (exact) mass is 244 g/mol. The Balaban J connectivity index is 1.97. The van der Waals surface area contributed by atoms with Gasteiger partial charge in [0, 0.05) is 11.9 Å². The first kappa shape index (κ1) is 10.9. The van der Waals surface area contributed by atoms with Crippen LogP contribution >= 0.6 is 22.9 Å². The highest BCUT2D eigenvalue weighted by Crippen LogP contribution is 2.34. The highest BCUT2D eigenvalue weighted by atomic mass is 35.5. The lowest BCUT2D eigenvalue weighted by molar-refractivity contribution is -0.132. The Hall–Kier alpha value is -0.580. The van der Waals surface area contributed by atoms with Crippen molar-refractivity contribution in [1.82, 2.24) is 4.90 Å². The molecule has 1 aliphatic rings. The van der Waals surface area contributed by atoms with Gasteiger partial charge < -0.3 is 10.6 Å². The van der Waals surface area contributed by atoms with E-state index in [1.807, 2.05) is 12.1 Å². The fraction of sp³-hybridized carbons (Fsp3) is 0.500. The van der Waals surface area contributed by atoms with Crippen LogP contribution in [-0.4, -0.2) is 23.4 Å². The summed E-state index contributed by atoms with van der Waals surface area (Å²) in [5.41, 5.74) is 5.26. The summed E-state index contributed by atoms with van der Waals surface area (Å²) in [5.74, 6) is 0.0343. The number of nitrogens with two attached hydrogens (primary N) is 1. The van der Waals surface area contributed by atoms with Crippen LogP contribution in [0.4, 0.5) is 0 Å². The Labute approximate surface area is 97.8 Å². The molecule has 0 saturated heterocycles. The van der Waals surface area contributed by atoms with E-state index in [9.17, 15) is 4.79 Å². The Morgan fingerprint density at radius 1 is 1.67 bits per heavy atom. The number of rotatable bonds is 3. The van der Waals surface area contributed by atoms with Gasteiger partial charge in [0.05, 0.1) is 16.4 Å². The predicted octanol–water partition coefficient (Wildman–Crippen LogP) is 1.85. The zero-order chi connectivity index (χ0) is 11.1. The smallest absolute Gasteiger partial charge is 0.242 e. The standard InChI is InChI=1S/C10H13ClN2OS/c1-13(9(14)10(12)4-5-10)6-7-2-3-8(11)15-7/h2-3H,4-6,12H2,1H3. The van der Waals surface area contributed by atoms with Crippen molar-refractivity contribution in [2.75, 3.05) is 7.05 Å². The van der Waals surface area contributed by atoms with Gasteiger partial charge in [0.25, 0.3) is 0 Å². The quantitative estimate of drug-likeness (QED) is 0.882. The van der Waals surface area contributed by atoms with Gasteiger partial charge in [0.15, 0.2) is 0 Å². The first-order valence-corrected chi connectivity index (χ1v) is 5.99. The molecule has 1 heterocycles. The van der Waals surface area contributed by atoms with Gasteiger partial charge in [-0.2, -0.15) is 0 Å². The fourth-order valence-corrected chi connectivity index (χ4v) is 2.61. The molecule has 1 fully saturated rings. The third-order valence-electron chi connectivity index (χ3n) is 2.58. The van der Waals surface area contributed by atoms with Gasteiger partial charge in [-0.05, 0) is 25.0 Å². The minimum absolute atomic E-state index is 0.0343. The third kappa shape index (κ3) is 2.33. The van der Waals surface area contributed by atoms with Gasteiger partial charge in [-0.3, -0.25) is 4.79 Å². The topological polar surface area (TPSA) is 46.3 Å². The van der Waals surface area contributed by atoms with E-state index < -0.39 is 5.54 Å². The minimum Gasteiger partial charge on any atom is -0.339 e. The molecular weight excluding hydrogens is 232 g/mol. The second-order valence-corrected chi connectivity index (χ2v) is 5.82. The summed E-state index contributed by atoms with van der Waals surface area (Å²) in [4.78, 5) is 14.6. The van der Waals surface area contributed by atoms with E-state index in [1.54, 1.807) is 11.9 Å². The number of nitrogens with zero attached hydrogens (tertiary/aromatic N) is 1. The molecule has 0 aliphatic heterocycles. The van der Waals surface area contributed by atoms with Crippen molar-refractivity contribution >= 4 is 28.8 Å². The molecule has 2 N–H and O–H groups in total. The molecule has 1 aromatic heterocycles. The molecule has 2 rings (SSSR count). The van der Waals surface area contributed by atoms with Crippen molar-refractivity contribution in [3.8, 4) is 0 Å². The third-order valence-corrected chi connectivity index (χ3v) is 3.80.